The number of fused-ring (bicyclic) bond motifs is 1. The maximum absolute atomic E-state index is 11.9. The number of anilines is 1. The summed E-state index contributed by atoms with van der Waals surface area (Å²) in [7, 11) is 0. The van der Waals surface area contributed by atoms with E-state index in [1.54, 1.807) is 6.07 Å². The molecule has 0 aliphatic heterocycles. The van der Waals surface area contributed by atoms with Crippen LogP contribution in [0.3, 0.4) is 0 Å². The van der Waals surface area contributed by atoms with Crippen LogP contribution in [0.15, 0.2) is 54.7 Å². The van der Waals surface area contributed by atoms with E-state index in [4.69, 9.17) is 0 Å². The lowest BCUT2D eigenvalue weighted by Gasteiger charge is -2.07. The first-order chi connectivity index (χ1) is 11.6. The Morgan fingerprint density at radius 1 is 1.04 bits per heavy atom. The molecule has 0 radical (unpaired) electrons. The van der Waals surface area contributed by atoms with Crippen LogP contribution >= 0.6 is 0 Å². The largest absolute Gasteiger partial charge is 0.361 e. The first-order valence-electron chi connectivity index (χ1n) is 7.84. The van der Waals surface area contributed by atoms with Gasteiger partial charge in [-0.25, -0.2) is 0 Å². The Kier molecular flexibility index (Phi) is 4.61. The Morgan fingerprint density at radius 3 is 2.71 bits per heavy atom. The smallest absolute Gasteiger partial charge is 0.313 e. The molecule has 0 aliphatic carbocycles. The van der Waals surface area contributed by atoms with Crippen molar-refractivity contribution in [1.82, 2.24) is 10.3 Å². The minimum atomic E-state index is -0.653. The summed E-state index contributed by atoms with van der Waals surface area (Å²) in [4.78, 5) is 27.0. The summed E-state index contributed by atoms with van der Waals surface area (Å²) in [6.07, 6.45) is 2.59. The van der Waals surface area contributed by atoms with Gasteiger partial charge >= 0.3 is 11.8 Å². The summed E-state index contributed by atoms with van der Waals surface area (Å²) in [5, 5.41) is 6.39. The molecule has 0 atom stereocenters. The lowest BCUT2D eigenvalue weighted by Crippen LogP contribution is -2.36. The van der Waals surface area contributed by atoms with Crippen molar-refractivity contribution in [2.75, 3.05) is 11.9 Å². The number of amides is 2. The number of hydrogen-bond donors (Lipinski definition) is 3. The van der Waals surface area contributed by atoms with Gasteiger partial charge in [-0.05, 0) is 42.7 Å². The quantitative estimate of drug-likeness (QED) is 0.646. The normalized spacial score (nSPS) is 10.5. The van der Waals surface area contributed by atoms with Crippen LogP contribution in [0.25, 0.3) is 10.9 Å². The minimum absolute atomic E-state index is 0.405. The topological polar surface area (TPSA) is 74.0 Å². The number of carbonyl (C=O) groups is 2. The zero-order valence-electron chi connectivity index (χ0n) is 13.4. The number of aryl methyl sites for hydroxylation is 1. The van der Waals surface area contributed by atoms with E-state index in [1.165, 1.54) is 0 Å². The van der Waals surface area contributed by atoms with Gasteiger partial charge in [0.2, 0.25) is 0 Å². The first kappa shape index (κ1) is 15.8. The maximum atomic E-state index is 11.9. The van der Waals surface area contributed by atoms with Gasteiger partial charge in [-0.2, -0.15) is 0 Å². The number of aromatic amines is 1. The predicted octanol–water partition coefficient (Wildman–Crippen LogP) is 2.77. The molecule has 0 saturated heterocycles. The summed E-state index contributed by atoms with van der Waals surface area (Å²) in [6.45, 7) is 2.33. The van der Waals surface area contributed by atoms with E-state index in [2.05, 4.69) is 15.6 Å². The number of nitrogens with one attached hydrogen (secondary N) is 3. The van der Waals surface area contributed by atoms with E-state index in [1.807, 2.05) is 55.6 Å². The van der Waals surface area contributed by atoms with Gasteiger partial charge in [0.25, 0.3) is 0 Å². The minimum Gasteiger partial charge on any atom is -0.361 e. The highest BCUT2D eigenvalue weighted by molar-refractivity contribution is 6.39. The van der Waals surface area contributed by atoms with E-state index in [-0.39, 0.29) is 0 Å². The third kappa shape index (κ3) is 3.63. The molecule has 0 spiro atoms. The van der Waals surface area contributed by atoms with Gasteiger partial charge in [-0.15, -0.1) is 0 Å². The van der Waals surface area contributed by atoms with Crippen molar-refractivity contribution in [3.63, 3.8) is 0 Å². The van der Waals surface area contributed by atoms with Crippen molar-refractivity contribution in [3.8, 4) is 0 Å². The molecule has 3 rings (SSSR count). The van der Waals surface area contributed by atoms with Crippen LogP contribution in [0.1, 0.15) is 11.1 Å². The van der Waals surface area contributed by atoms with Crippen LogP contribution in [0.5, 0.6) is 0 Å². The second-order valence-electron chi connectivity index (χ2n) is 5.69. The SMILES string of the molecule is Cc1cccc(NC(=O)C(=O)NCCc2c[nH]c3ccccc23)c1. The molecule has 0 unspecified atom stereocenters. The van der Waals surface area contributed by atoms with Crippen LogP contribution < -0.4 is 10.6 Å². The molecular weight excluding hydrogens is 302 g/mol. The Bertz CT molecular complexity index is 883. The summed E-state index contributed by atoms with van der Waals surface area (Å²) >= 11 is 0. The van der Waals surface area contributed by atoms with Crippen molar-refractivity contribution in [2.45, 2.75) is 13.3 Å². The van der Waals surface area contributed by atoms with Gasteiger partial charge in [-0.3, -0.25) is 9.59 Å². The molecule has 5 nitrogen and oxygen atoms in total. The van der Waals surface area contributed by atoms with Gasteiger partial charge < -0.3 is 15.6 Å². The highest BCUT2D eigenvalue weighted by Gasteiger charge is 2.13. The highest BCUT2D eigenvalue weighted by Crippen LogP contribution is 2.17. The van der Waals surface area contributed by atoms with Crippen LogP contribution in [-0.2, 0) is 16.0 Å². The van der Waals surface area contributed by atoms with Gasteiger partial charge in [0.15, 0.2) is 0 Å². The van der Waals surface area contributed by atoms with Crippen molar-refractivity contribution < 1.29 is 9.59 Å². The van der Waals surface area contributed by atoms with E-state index in [0.717, 1.165) is 22.0 Å². The molecular formula is C19H19N3O2. The summed E-state index contributed by atoms with van der Waals surface area (Å²) in [6, 6.07) is 15.3. The van der Waals surface area contributed by atoms with E-state index >= 15 is 0 Å². The number of aromatic nitrogens is 1. The van der Waals surface area contributed by atoms with Crippen LogP contribution in [0.4, 0.5) is 5.69 Å². The molecule has 0 aliphatic rings. The van der Waals surface area contributed by atoms with Crippen molar-refractivity contribution in [2.24, 2.45) is 0 Å². The van der Waals surface area contributed by atoms with Gasteiger partial charge in [-0.1, -0.05) is 30.3 Å². The number of H-pyrrole nitrogens is 1. The number of rotatable bonds is 4. The number of carbonyl (C=O) groups excluding carboxylic acids is 2. The molecule has 1 heterocycles. The molecule has 0 saturated carbocycles. The molecule has 5 heteroatoms. The Balaban J connectivity index is 1.53. The summed E-state index contributed by atoms with van der Waals surface area (Å²) < 4.78 is 0. The molecule has 2 aromatic carbocycles. The maximum Gasteiger partial charge on any atom is 0.313 e. The highest BCUT2D eigenvalue weighted by atomic mass is 16.2. The van der Waals surface area contributed by atoms with Crippen molar-refractivity contribution >= 4 is 28.4 Å². The van der Waals surface area contributed by atoms with E-state index in [9.17, 15) is 9.59 Å². The zero-order valence-corrected chi connectivity index (χ0v) is 13.4. The molecule has 2 amide bonds. The van der Waals surface area contributed by atoms with Crippen molar-refractivity contribution in [3.05, 3.63) is 65.9 Å². The summed E-state index contributed by atoms with van der Waals surface area (Å²) in [5.74, 6) is -1.28. The second-order valence-corrected chi connectivity index (χ2v) is 5.69. The monoisotopic (exact) mass is 321 g/mol. The van der Waals surface area contributed by atoms with E-state index < -0.39 is 11.8 Å². The fourth-order valence-corrected chi connectivity index (χ4v) is 2.64. The molecule has 0 fully saturated rings. The third-order valence-electron chi connectivity index (χ3n) is 3.84. The van der Waals surface area contributed by atoms with E-state index in [0.29, 0.717) is 18.7 Å². The van der Waals surface area contributed by atoms with Crippen molar-refractivity contribution in [1.29, 1.82) is 0 Å². The average Bonchev–Trinajstić information content (AvgIpc) is 2.98. The van der Waals surface area contributed by atoms with Crippen LogP contribution in [-0.4, -0.2) is 23.3 Å². The molecule has 3 aromatic rings. The summed E-state index contributed by atoms with van der Waals surface area (Å²) in [5.41, 5.74) is 3.82. The number of benzene rings is 2. The second kappa shape index (κ2) is 7.00. The fourth-order valence-electron chi connectivity index (χ4n) is 2.64. The molecule has 24 heavy (non-hydrogen) atoms. The third-order valence-corrected chi connectivity index (χ3v) is 3.84. The molecule has 122 valence electrons. The Hall–Kier alpha value is -3.08. The van der Waals surface area contributed by atoms with Gasteiger partial charge in [0.05, 0.1) is 0 Å². The predicted molar refractivity (Wildman–Crippen MR) is 94.8 cm³/mol. The Labute approximate surface area is 140 Å². The number of para-hydroxylation sites is 1. The average molecular weight is 321 g/mol. The lowest BCUT2D eigenvalue weighted by atomic mass is 10.1. The zero-order chi connectivity index (χ0) is 16.9. The lowest BCUT2D eigenvalue weighted by molar-refractivity contribution is -0.136. The molecule has 1 aromatic heterocycles. The molecule has 0 bridgehead atoms. The van der Waals surface area contributed by atoms with Crippen LogP contribution in [0, 0.1) is 6.92 Å². The standard InChI is InChI=1S/C19H19N3O2/c1-13-5-4-6-15(11-13)22-19(24)18(23)20-10-9-14-12-21-17-8-3-2-7-16(14)17/h2-8,11-12,21H,9-10H2,1H3,(H,20,23)(H,22,24). The number of hydrogen-bond acceptors (Lipinski definition) is 2. The van der Waals surface area contributed by atoms with Gasteiger partial charge in [0.1, 0.15) is 0 Å². The van der Waals surface area contributed by atoms with Crippen LogP contribution in [0.2, 0.25) is 0 Å². The fraction of sp³-hybridized carbons (Fsp3) is 0.158. The first-order valence-corrected chi connectivity index (χ1v) is 7.84. The Morgan fingerprint density at radius 2 is 1.88 bits per heavy atom. The molecule has 3 N–H and O–H groups in total. The van der Waals surface area contributed by atoms with Gasteiger partial charge in [0, 0.05) is 29.3 Å².